The van der Waals surface area contributed by atoms with Gasteiger partial charge in [-0.25, -0.2) is 0 Å². The highest BCUT2D eigenvalue weighted by Gasteiger charge is 1.94. The average Bonchev–Trinajstić information content (AvgIpc) is 2.42. The van der Waals surface area contributed by atoms with Crippen LogP contribution in [0.4, 0.5) is 0 Å². The van der Waals surface area contributed by atoms with E-state index in [4.69, 9.17) is 4.74 Å². The molecule has 0 aromatic carbocycles. The standard InChI is InChI=1S/C15H26N2O/c1-18-14-13-16-11-7-4-2-3-5-9-15-10-6-8-12-17-15/h6,8,10,12,16H,2-5,7,9,11,13-14H2,1H3. The molecular weight excluding hydrogens is 224 g/mol. The molecule has 0 aliphatic heterocycles. The highest BCUT2D eigenvalue weighted by Crippen LogP contribution is 2.06. The molecule has 0 radical (unpaired) electrons. The van der Waals surface area contributed by atoms with Crippen molar-refractivity contribution in [2.75, 3.05) is 26.8 Å². The second-order valence-corrected chi connectivity index (χ2v) is 4.58. The van der Waals surface area contributed by atoms with Crippen LogP contribution in [0.2, 0.25) is 0 Å². The Morgan fingerprint density at radius 1 is 1.06 bits per heavy atom. The zero-order chi connectivity index (χ0) is 12.9. The molecule has 1 aromatic rings. The summed E-state index contributed by atoms with van der Waals surface area (Å²) >= 11 is 0. The number of nitrogens with one attached hydrogen (secondary N) is 1. The minimum Gasteiger partial charge on any atom is -0.383 e. The summed E-state index contributed by atoms with van der Waals surface area (Å²) in [6.07, 6.45) is 9.49. The zero-order valence-electron chi connectivity index (χ0n) is 11.5. The molecule has 102 valence electrons. The Morgan fingerprint density at radius 2 is 1.89 bits per heavy atom. The molecule has 0 aliphatic carbocycles. The van der Waals surface area contributed by atoms with E-state index >= 15 is 0 Å². The lowest BCUT2D eigenvalue weighted by atomic mass is 10.1. The fourth-order valence-corrected chi connectivity index (χ4v) is 1.93. The number of aryl methyl sites for hydroxylation is 1. The maximum Gasteiger partial charge on any atom is 0.0587 e. The number of methoxy groups -OCH3 is 1. The fourth-order valence-electron chi connectivity index (χ4n) is 1.93. The SMILES string of the molecule is COCCNCCCCCCCc1ccccn1. The molecule has 1 heterocycles. The van der Waals surface area contributed by atoms with Crippen molar-refractivity contribution in [3.63, 3.8) is 0 Å². The van der Waals surface area contributed by atoms with E-state index in [9.17, 15) is 0 Å². The minimum absolute atomic E-state index is 0.810. The van der Waals surface area contributed by atoms with Gasteiger partial charge in [0.1, 0.15) is 0 Å². The summed E-state index contributed by atoms with van der Waals surface area (Å²) in [5.74, 6) is 0. The quantitative estimate of drug-likeness (QED) is 0.613. The van der Waals surface area contributed by atoms with Crippen molar-refractivity contribution in [2.24, 2.45) is 0 Å². The second-order valence-electron chi connectivity index (χ2n) is 4.58. The van der Waals surface area contributed by atoms with Gasteiger partial charge in [0.15, 0.2) is 0 Å². The maximum absolute atomic E-state index is 4.98. The summed E-state index contributed by atoms with van der Waals surface area (Å²) in [4.78, 5) is 4.33. The van der Waals surface area contributed by atoms with Gasteiger partial charge in [-0.1, -0.05) is 25.3 Å². The molecule has 0 saturated carbocycles. The van der Waals surface area contributed by atoms with Crippen molar-refractivity contribution in [2.45, 2.75) is 38.5 Å². The number of rotatable bonds is 11. The van der Waals surface area contributed by atoms with Gasteiger partial charge in [0.2, 0.25) is 0 Å². The largest absolute Gasteiger partial charge is 0.383 e. The molecule has 0 unspecified atom stereocenters. The average molecular weight is 250 g/mol. The molecule has 18 heavy (non-hydrogen) atoms. The van der Waals surface area contributed by atoms with E-state index in [0.29, 0.717) is 0 Å². The van der Waals surface area contributed by atoms with Gasteiger partial charge < -0.3 is 10.1 Å². The molecule has 0 saturated heterocycles. The third-order valence-electron chi connectivity index (χ3n) is 3.00. The second kappa shape index (κ2) is 11.2. The van der Waals surface area contributed by atoms with Gasteiger partial charge in [-0.15, -0.1) is 0 Å². The van der Waals surface area contributed by atoms with Crippen LogP contribution >= 0.6 is 0 Å². The van der Waals surface area contributed by atoms with Gasteiger partial charge in [0.05, 0.1) is 6.61 Å². The Balaban J connectivity index is 1.82. The molecule has 3 nitrogen and oxygen atoms in total. The first-order valence-corrected chi connectivity index (χ1v) is 7.03. The molecule has 0 fully saturated rings. The van der Waals surface area contributed by atoms with E-state index < -0.39 is 0 Å². The van der Waals surface area contributed by atoms with Gasteiger partial charge in [-0.05, 0) is 37.9 Å². The van der Waals surface area contributed by atoms with Crippen LogP contribution in [0.25, 0.3) is 0 Å². The van der Waals surface area contributed by atoms with Crippen LogP contribution in [0.15, 0.2) is 24.4 Å². The smallest absolute Gasteiger partial charge is 0.0587 e. The highest BCUT2D eigenvalue weighted by molar-refractivity contribution is 5.03. The summed E-state index contributed by atoms with van der Waals surface area (Å²) in [7, 11) is 1.74. The molecule has 0 atom stereocenters. The van der Waals surface area contributed by atoms with Crippen molar-refractivity contribution in [3.8, 4) is 0 Å². The third kappa shape index (κ3) is 8.20. The van der Waals surface area contributed by atoms with Gasteiger partial charge in [0, 0.05) is 25.5 Å². The lowest BCUT2D eigenvalue weighted by molar-refractivity contribution is 0.199. The Kier molecular flexibility index (Phi) is 9.39. The van der Waals surface area contributed by atoms with E-state index in [1.54, 1.807) is 7.11 Å². The molecule has 0 spiro atoms. The van der Waals surface area contributed by atoms with Gasteiger partial charge in [-0.2, -0.15) is 0 Å². The first-order valence-electron chi connectivity index (χ1n) is 7.03. The Hall–Kier alpha value is -0.930. The summed E-state index contributed by atoms with van der Waals surface area (Å²) in [6, 6.07) is 6.15. The zero-order valence-corrected chi connectivity index (χ0v) is 11.5. The summed E-state index contributed by atoms with van der Waals surface area (Å²) in [5, 5.41) is 3.37. The van der Waals surface area contributed by atoms with Crippen LogP contribution in [-0.4, -0.2) is 31.8 Å². The van der Waals surface area contributed by atoms with E-state index in [0.717, 1.165) is 26.1 Å². The van der Waals surface area contributed by atoms with Crippen molar-refractivity contribution in [1.29, 1.82) is 0 Å². The van der Waals surface area contributed by atoms with E-state index in [-0.39, 0.29) is 0 Å². The highest BCUT2D eigenvalue weighted by atomic mass is 16.5. The molecule has 0 amide bonds. The van der Waals surface area contributed by atoms with Gasteiger partial charge in [-0.3, -0.25) is 4.98 Å². The number of ether oxygens (including phenoxy) is 1. The first kappa shape index (κ1) is 15.1. The molecule has 3 heteroatoms. The number of hydrogen-bond acceptors (Lipinski definition) is 3. The maximum atomic E-state index is 4.98. The third-order valence-corrected chi connectivity index (χ3v) is 3.00. The summed E-state index contributed by atoms with van der Waals surface area (Å²) < 4.78 is 4.98. The molecule has 1 rings (SSSR count). The molecule has 0 bridgehead atoms. The summed E-state index contributed by atoms with van der Waals surface area (Å²) in [5.41, 5.74) is 1.22. The Bertz CT molecular complexity index is 277. The topological polar surface area (TPSA) is 34.1 Å². The number of unbranched alkanes of at least 4 members (excludes halogenated alkanes) is 4. The number of pyridine rings is 1. The lowest BCUT2D eigenvalue weighted by Crippen LogP contribution is -2.20. The van der Waals surface area contributed by atoms with E-state index in [1.807, 2.05) is 12.3 Å². The van der Waals surface area contributed by atoms with Crippen molar-refractivity contribution in [1.82, 2.24) is 10.3 Å². The lowest BCUT2D eigenvalue weighted by Gasteiger charge is -2.04. The van der Waals surface area contributed by atoms with E-state index in [1.165, 1.54) is 37.8 Å². The van der Waals surface area contributed by atoms with Crippen LogP contribution in [0.3, 0.4) is 0 Å². The Morgan fingerprint density at radius 3 is 2.67 bits per heavy atom. The van der Waals surface area contributed by atoms with E-state index in [2.05, 4.69) is 22.4 Å². The molecule has 1 N–H and O–H groups in total. The van der Waals surface area contributed by atoms with Crippen LogP contribution in [0, 0.1) is 0 Å². The number of nitrogens with zero attached hydrogens (tertiary/aromatic N) is 1. The van der Waals surface area contributed by atoms with Crippen LogP contribution in [0.5, 0.6) is 0 Å². The number of hydrogen-bond donors (Lipinski definition) is 1. The van der Waals surface area contributed by atoms with Crippen LogP contribution < -0.4 is 5.32 Å². The van der Waals surface area contributed by atoms with Crippen LogP contribution in [0.1, 0.15) is 37.8 Å². The monoisotopic (exact) mass is 250 g/mol. The normalized spacial score (nSPS) is 10.7. The molecule has 0 aliphatic rings. The first-order chi connectivity index (χ1) is 8.93. The van der Waals surface area contributed by atoms with Gasteiger partial charge in [0.25, 0.3) is 0 Å². The number of aromatic nitrogens is 1. The van der Waals surface area contributed by atoms with Crippen molar-refractivity contribution >= 4 is 0 Å². The predicted octanol–water partition coefficient (Wildman–Crippen LogP) is 2.81. The van der Waals surface area contributed by atoms with Crippen molar-refractivity contribution in [3.05, 3.63) is 30.1 Å². The van der Waals surface area contributed by atoms with Gasteiger partial charge >= 0.3 is 0 Å². The van der Waals surface area contributed by atoms with Crippen molar-refractivity contribution < 1.29 is 4.74 Å². The molecular formula is C15H26N2O. The van der Waals surface area contributed by atoms with Crippen LogP contribution in [-0.2, 0) is 11.2 Å². The summed E-state index contributed by atoms with van der Waals surface area (Å²) in [6.45, 7) is 2.89. The minimum atomic E-state index is 0.810. The fraction of sp³-hybridized carbons (Fsp3) is 0.667. The predicted molar refractivity (Wildman–Crippen MR) is 75.8 cm³/mol. The molecule has 1 aromatic heterocycles. The Labute approximate surface area is 111 Å².